The van der Waals surface area contributed by atoms with Gasteiger partial charge in [-0.15, -0.1) is 0 Å². The van der Waals surface area contributed by atoms with Gasteiger partial charge in [0, 0.05) is 17.0 Å². The van der Waals surface area contributed by atoms with Crippen molar-refractivity contribution in [2.45, 2.75) is 34.1 Å². The van der Waals surface area contributed by atoms with Crippen molar-refractivity contribution >= 4 is 10.8 Å². The summed E-state index contributed by atoms with van der Waals surface area (Å²) in [6, 6.07) is 17.8. The van der Waals surface area contributed by atoms with Gasteiger partial charge in [0.1, 0.15) is 7.05 Å². The highest BCUT2D eigenvalue weighted by Crippen LogP contribution is 2.26. The van der Waals surface area contributed by atoms with Gasteiger partial charge in [-0.3, -0.25) is 0 Å². The van der Waals surface area contributed by atoms with Crippen molar-refractivity contribution in [3.05, 3.63) is 65.9 Å². The lowest BCUT2D eigenvalue weighted by atomic mass is 9.87. The van der Waals surface area contributed by atoms with E-state index in [-0.39, 0.29) is 0 Å². The fourth-order valence-corrected chi connectivity index (χ4v) is 3.24. The number of rotatable bonds is 2. The molecule has 2 aromatic carbocycles. The van der Waals surface area contributed by atoms with E-state index in [1.165, 1.54) is 33.2 Å². The number of fused-ring (bicyclic) bond motifs is 1. The molecule has 3 rings (SSSR count). The van der Waals surface area contributed by atoms with Gasteiger partial charge in [-0.25, -0.2) is 4.57 Å². The molecule has 0 amide bonds. The molecule has 0 saturated carbocycles. The third kappa shape index (κ3) is 3.44. The Balaban J connectivity index is 2.13. The van der Waals surface area contributed by atoms with Gasteiger partial charge in [0.05, 0.1) is 0 Å². The first-order valence-electron chi connectivity index (χ1n) is 8.32. The van der Waals surface area contributed by atoms with Crippen LogP contribution in [-0.4, -0.2) is 0 Å². The minimum absolute atomic E-state index is 0.311. The minimum atomic E-state index is 0.311. The van der Waals surface area contributed by atoms with Crippen LogP contribution in [0.3, 0.4) is 0 Å². The molecule has 0 atom stereocenters. The molecule has 0 unspecified atom stereocenters. The zero-order valence-electron chi connectivity index (χ0n) is 14.9. The number of aromatic nitrogens is 1. The monoisotopic (exact) mass is 304 g/mol. The highest BCUT2D eigenvalue weighted by molar-refractivity contribution is 5.84. The molecule has 1 nitrogen and oxygen atoms in total. The number of benzene rings is 2. The molecule has 0 aliphatic carbocycles. The lowest BCUT2D eigenvalue weighted by molar-refractivity contribution is -0.659. The van der Waals surface area contributed by atoms with Crippen LogP contribution in [0.15, 0.2) is 54.7 Å². The summed E-state index contributed by atoms with van der Waals surface area (Å²) in [5.74, 6) is 0. The van der Waals surface area contributed by atoms with Crippen LogP contribution in [0.4, 0.5) is 0 Å². The quantitative estimate of drug-likeness (QED) is 0.571. The van der Waals surface area contributed by atoms with Gasteiger partial charge in [-0.2, -0.15) is 0 Å². The van der Waals surface area contributed by atoms with Crippen LogP contribution in [0.5, 0.6) is 0 Å². The summed E-state index contributed by atoms with van der Waals surface area (Å²) in [5, 5.41) is 2.62. The first kappa shape index (κ1) is 15.7. The SMILES string of the molecule is Cc1ccccc1-c1cc2cc(CC(C)(C)C)ccc2c[n+]1C. The molecule has 3 aromatic rings. The second kappa shape index (κ2) is 5.81. The molecule has 0 N–H and O–H groups in total. The number of hydrogen-bond acceptors (Lipinski definition) is 0. The fraction of sp³-hybridized carbons (Fsp3) is 0.318. The van der Waals surface area contributed by atoms with E-state index in [9.17, 15) is 0 Å². The van der Waals surface area contributed by atoms with Gasteiger partial charge < -0.3 is 0 Å². The number of pyridine rings is 1. The summed E-state index contributed by atoms with van der Waals surface area (Å²) in [6.07, 6.45) is 3.33. The van der Waals surface area contributed by atoms with Crippen molar-refractivity contribution in [3.63, 3.8) is 0 Å². The van der Waals surface area contributed by atoms with E-state index in [2.05, 4.69) is 94.0 Å². The average Bonchev–Trinajstić information content (AvgIpc) is 2.46. The van der Waals surface area contributed by atoms with Crippen molar-refractivity contribution in [3.8, 4) is 11.3 Å². The molecular weight excluding hydrogens is 278 g/mol. The largest absolute Gasteiger partial charge is 0.213 e. The van der Waals surface area contributed by atoms with Crippen LogP contribution in [-0.2, 0) is 13.5 Å². The first-order valence-corrected chi connectivity index (χ1v) is 8.32. The van der Waals surface area contributed by atoms with Crippen LogP contribution in [0.25, 0.3) is 22.0 Å². The zero-order chi connectivity index (χ0) is 16.6. The van der Waals surface area contributed by atoms with Crippen LogP contribution in [0.1, 0.15) is 31.9 Å². The van der Waals surface area contributed by atoms with E-state index >= 15 is 0 Å². The standard InChI is InChI=1S/C22H26N/c1-16-8-6-7-9-20(16)21-13-19-12-17(14-22(2,3)4)10-11-18(19)15-23(21)5/h6-13,15H,14H2,1-5H3/q+1. The van der Waals surface area contributed by atoms with Crippen LogP contribution in [0, 0.1) is 12.3 Å². The van der Waals surface area contributed by atoms with Gasteiger partial charge in [-0.05, 0) is 47.4 Å². The van der Waals surface area contributed by atoms with E-state index in [0.717, 1.165) is 6.42 Å². The first-order chi connectivity index (χ1) is 10.8. The molecule has 0 aliphatic heterocycles. The summed E-state index contributed by atoms with van der Waals surface area (Å²) < 4.78 is 2.23. The lowest BCUT2D eigenvalue weighted by Crippen LogP contribution is -2.30. The molecule has 118 valence electrons. The Morgan fingerprint density at radius 1 is 0.913 bits per heavy atom. The fourth-order valence-electron chi connectivity index (χ4n) is 3.24. The summed E-state index contributed by atoms with van der Waals surface area (Å²) in [7, 11) is 2.13. The highest BCUT2D eigenvalue weighted by atomic mass is 14.9. The Morgan fingerprint density at radius 2 is 1.65 bits per heavy atom. The van der Waals surface area contributed by atoms with E-state index in [1.54, 1.807) is 0 Å². The third-order valence-electron chi connectivity index (χ3n) is 4.31. The molecule has 0 fully saturated rings. The average molecular weight is 304 g/mol. The summed E-state index contributed by atoms with van der Waals surface area (Å²) in [5.41, 5.74) is 5.61. The van der Waals surface area contributed by atoms with Crippen molar-refractivity contribution in [1.82, 2.24) is 0 Å². The van der Waals surface area contributed by atoms with Crippen LogP contribution < -0.4 is 4.57 Å². The Morgan fingerprint density at radius 3 is 2.35 bits per heavy atom. The maximum Gasteiger partial charge on any atom is 0.213 e. The highest BCUT2D eigenvalue weighted by Gasteiger charge is 2.15. The second-order valence-corrected chi connectivity index (χ2v) is 7.79. The molecule has 0 aliphatic rings. The van der Waals surface area contributed by atoms with Crippen molar-refractivity contribution in [2.75, 3.05) is 0 Å². The van der Waals surface area contributed by atoms with Gasteiger partial charge in [0.2, 0.25) is 5.69 Å². The van der Waals surface area contributed by atoms with Gasteiger partial charge in [0.15, 0.2) is 6.20 Å². The third-order valence-corrected chi connectivity index (χ3v) is 4.31. The molecule has 0 spiro atoms. The summed E-state index contributed by atoms with van der Waals surface area (Å²) in [4.78, 5) is 0. The van der Waals surface area contributed by atoms with Crippen LogP contribution in [0.2, 0.25) is 0 Å². The van der Waals surface area contributed by atoms with Gasteiger partial charge in [-0.1, -0.05) is 51.1 Å². The van der Waals surface area contributed by atoms with E-state index < -0.39 is 0 Å². The smallest absolute Gasteiger partial charge is 0.200 e. The minimum Gasteiger partial charge on any atom is -0.200 e. The van der Waals surface area contributed by atoms with Gasteiger partial charge >= 0.3 is 0 Å². The number of hydrogen-bond donors (Lipinski definition) is 0. The topological polar surface area (TPSA) is 3.88 Å². The number of nitrogens with zero attached hydrogens (tertiary/aromatic N) is 1. The predicted octanol–water partition coefficient (Wildman–Crippen LogP) is 5.23. The molecule has 1 heterocycles. The molecule has 1 aromatic heterocycles. The lowest BCUT2D eigenvalue weighted by Gasteiger charge is -2.18. The molecule has 0 saturated heterocycles. The Kier molecular flexibility index (Phi) is 3.97. The van der Waals surface area contributed by atoms with Crippen molar-refractivity contribution in [2.24, 2.45) is 12.5 Å². The van der Waals surface area contributed by atoms with Gasteiger partial charge in [0.25, 0.3) is 0 Å². The van der Waals surface area contributed by atoms with E-state index in [0.29, 0.717) is 5.41 Å². The number of aryl methyl sites for hydroxylation is 2. The summed E-state index contributed by atoms with van der Waals surface area (Å²) in [6.45, 7) is 9.05. The predicted molar refractivity (Wildman–Crippen MR) is 98.5 cm³/mol. The van der Waals surface area contributed by atoms with Crippen molar-refractivity contribution < 1.29 is 4.57 Å². The molecule has 0 radical (unpaired) electrons. The summed E-state index contributed by atoms with van der Waals surface area (Å²) >= 11 is 0. The maximum absolute atomic E-state index is 2.35. The van der Waals surface area contributed by atoms with Crippen LogP contribution >= 0.6 is 0 Å². The molecular formula is C22H26N+. The van der Waals surface area contributed by atoms with E-state index in [1.807, 2.05) is 0 Å². The molecule has 23 heavy (non-hydrogen) atoms. The Bertz CT molecular complexity index is 853. The molecule has 0 bridgehead atoms. The normalized spacial score (nSPS) is 11.9. The van der Waals surface area contributed by atoms with E-state index in [4.69, 9.17) is 0 Å². The molecule has 1 heteroatoms. The Hall–Kier alpha value is -2.15. The van der Waals surface area contributed by atoms with Crippen molar-refractivity contribution in [1.29, 1.82) is 0 Å². The Labute approximate surface area is 139 Å². The maximum atomic E-state index is 2.35. The zero-order valence-corrected chi connectivity index (χ0v) is 14.9. The second-order valence-electron chi connectivity index (χ2n) is 7.79.